The number of benzene rings is 2. The molecule has 2 aromatic carbocycles. The van der Waals surface area contributed by atoms with Crippen molar-refractivity contribution < 1.29 is 34.2 Å². The van der Waals surface area contributed by atoms with Crippen molar-refractivity contribution in [2.45, 2.75) is 62.7 Å². The van der Waals surface area contributed by atoms with Gasteiger partial charge in [0.2, 0.25) is 17.7 Å². The molecule has 3 amide bonds. The monoisotopic (exact) mass is 555 g/mol. The van der Waals surface area contributed by atoms with Crippen LogP contribution in [0.1, 0.15) is 36.8 Å². The second-order valence-corrected chi connectivity index (χ2v) is 9.39. The fraction of sp³-hybridized carbons (Fsp3) is 0.393. The van der Waals surface area contributed by atoms with Gasteiger partial charge in [0.15, 0.2) is 0 Å². The predicted octanol–water partition coefficient (Wildman–Crippen LogP) is -0.0582. The van der Waals surface area contributed by atoms with E-state index in [2.05, 4.69) is 16.0 Å². The lowest BCUT2D eigenvalue weighted by Gasteiger charge is -2.25. The summed E-state index contributed by atoms with van der Waals surface area (Å²) in [5, 5.41) is 26.3. The van der Waals surface area contributed by atoms with E-state index >= 15 is 0 Å². The molecule has 0 heterocycles. The van der Waals surface area contributed by atoms with Crippen LogP contribution >= 0.6 is 0 Å². The minimum absolute atomic E-state index is 0.0349. The summed E-state index contributed by atoms with van der Waals surface area (Å²) in [4.78, 5) is 62.0. The van der Waals surface area contributed by atoms with Gasteiger partial charge in [-0.15, -0.1) is 0 Å². The molecule has 0 fully saturated rings. The highest BCUT2D eigenvalue weighted by Gasteiger charge is 2.30. The Morgan fingerprint density at radius 3 is 1.65 bits per heavy atom. The summed E-state index contributed by atoms with van der Waals surface area (Å²) in [5.41, 5.74) is 12.6. The summed E-state index contributed by atoms with van der Waals surface area (Å²) in [6.07, 6.45) is 0.663. The first-order valence-corrected chi connectivity index (χ1v) is 13.0. The lowest BCUT2D eigenvalue weighted by molar-refractivity contribution is -0.142. The molecule has 0 aromatic heterocycles. The number of carbonyl (C=O) groups is 5. The smallest absolute Gasteiger partial charge is 0.326 e. The van der Waals surface area contributed by atoms with Crippen LogP contribution in [0.3, 0.4) is 0 Å². The van der Waals surface area contributed by atoms with Crippen molar-refractivity contribution in [3.05, 3.63) is 71.8 Å². The van der Waals surface area contributed by atoms with E-state index < -0.39 is 60.2 Å². The molecule has 40 heavy (non-hydrogen) atoms. The van der Waals surface area contributed by atoms with Crippen molar-refractivity contribution in [2.24, 2.45) is 11.5 Å². The molecule has 2 aromatic rings. The highest BCUT2D eigenvalue weighted by molar-refractivity contribution is 5.94. The van der Waals surface area contributed by atoms with E-state index in [0.717, 1.165) is 0 Å². The van der Waals surface area contributed by atoms with Crippen LogP contribution in [0, 0.1) is 0 Å². The molecule has 12 nitrogen and oxygen atoms in total. The van der Waals surface area contributed by atoms with E-state index in [0.29, 0.717) is 30.5 Å². The second kappa shape index (κ2) is 16.6. The van der Waals surface area contributed by atoms with Crippen LogP contribution < -0.4 is 27.4 Å². The van der Waals surface area contributed by atoms with Gasteiger partial charge >= 0.3 is 11.9 Å². The number of carboxylic acid groups (broad SMARTS) is 2. The van der Waals surface area contributed by atoms with Crippen molar-refractivity contribution in [3.8, 4) is 0 Å². The van der Waals surface area contributed by atoms with Gasteiger partial charge in [0.25, 0.3) is 0 Å². The normalized spacial score (nSPS) is 13.8. The fourth-order valence-electron chi connectivity index (χ4n) is 3.97. The summed E-state index contributed by atoms with van der Waals surface area (Å²) in [5.74, 6) is -4.74. The minimum Gasteiger partial charge on any atom is -0.481 e. The minimum atomic E-state index is -1.37. The molecule has 0 aliphatic heterocycles. The van der Waals surface area contributed by atoms with Gasteiger partial charge in [-0.2, -0.15) is 0 Å². The number of hydrogen-bond donors (Lipinski definition) is 7. The average molecular weight is 556 g/mol. The van der Waals surface area contributed by atoms with E-state index in [1.165, 1.54) is 0 Å². The molecule has 0 radical (unpaired) electrons. The SMILES string of the molecule is NCCCCC(NC(=O)C(N)CC(=O)O)C(=O)NC(Cc1ccccc1)C(=O)NC(Cc1ccccc1)C(=O)O. The maximum atomic E-state index is 13.3. The number of nitrogens with two attached hydrogens (primary N) is 2. The van der Waals surface area contributed by atoms with Crippen molar-refractivity contribution in [1.29, 1.82) is 0 Å². The molecule has 0 aliphatic rings. The summed E-state index contributed by atoms with van der Waals surface area (Å²) >= 11 is 0. The van der Waals surface area contributed by atoms with Crippen LogP contribution in [-0.4, -0.2) is 70.6 Å². The number of nitrogens with one attached hydrogen (secondary N) is 3. The average Bonchev–Trinajstić information content (AvgIpc) is 2.92. The van der Waals surface area contributed by atoms with Crippen molar-refractivity contribution in [1.82, 2.24) is 16.0 Å². The molecule has 12 heteroatoms. The maximum absolute atomic E-state index is 13.3. The first-order valence-electron chi connectivity index (χ1n) is 13.0. The number of unbranched alkanes of at least 4 members (excludes halogenated alkanes) is 1. The highest BCUT2D eigenvalue weighted by atomic mass is 16.4. The third-order valence-electron chi connectivity index (χ3n) is 6.12. The highest BCUT2D eigenvalue weighted by Crippen LogP contribution is 2.09. The van der Waals surface area contributed by atoms with Crippen LogP contribution in [-0.2, 0) is 36.8 Å². The van der Waals surface area contributed by atoms with Crippen LogP contribution in [0.2, 0.25) is 0 Å². The lowest BCUT2D eigenvalue weighted by atomic mass is 10.0. The number of rotatable bonds is 17. The van der Waals surface area contributed by atoms with Crippen molar-refractivity contribution >= 4 is 29.7 Å². The lowest BCUT2D eigenvalue weighted by Crippen LogP contribution is -2.58. The Kier molecular flexibility index (Phi) is 13.3. The molecule has 4 unspecified atom stereocenters. The molecule has 216 valence electrons. The molecule has 0 aliphatic carbocycles. The molecule has 0 saturated heterocycles. The number of carbonyl (C=O) groups excluding carboxylic acids is 3. The van der Waals surface area contributed by atoms with Crippen LogP contribution in [0.4, 0.5) is 0 Å². The standard InChI is InChI=1S/C28H37N5O7/c29-14-8-7-13-21(31-25(36)20(30)17-24(34)35)26(37)32-22(15-18-9-3-1-4-10-18)27(38)33-23(28(39)40)16-19-11-5-2-6-12-19/h1-6,9-12,20-23H,7-8,13-17,29-30H2,(H,31,36)(H,32,37)(H,33,38)(H,34,35)(H,39,40). The van der Waals surface area contributed by atoms with Crippen molar-refractivity contribution in [3.63, 3.8) is 0 Å². The van der Waals surface area contributed by atoms with Gasteiger partial charge in [0, 0.05) is 12.8 Å². The van der Waals surface area contributed by atoms with Crippen LogP contribution in [0.25, 0.3) is 0 Å². The van der Waals surface area contributed by atoms with E-state index in [4.69, 9.17) is 16.6 Å². The summed E-state index contributed by atoms with van der Waals surface area (Å²) in [6, 6.07) is 12.7. The molecule has 0 saturated carbocycles. The van der Waals surface area contributed by atoms with Crippen LogP contribution in [0.15, 0.2) is 60.7 Å². The zero-order chi connectivity index (χ0) is 29.5. The summed E-state index contributed by atoms with van der Waals surface area (Å²) in [6.45, 7) is 0.359. The quantitative estimate of drug-likeness (QED) is 0.130. The zero-order valence-corrected chi connectivity index (χ0v) is 22.1. The van der Waals surface area contributed by atoms with Gasteiger partial charge in [-0.1, -0.05) is 60.7 Å². The summed E-state index contributed by atoms with van der Waals surface area (Å²) < 4.78 is 0. The van der Waals surface area contributed by atoms with E-state index in [-0.39, 0.29) is 19.3 Å². The number of aliphatic carboxylic acids is 2. The largest absolute Gasteiger partial charge is 0.481 e. The first-order chi connectivity index (χ1) is 19.1. The van der Waals surface area contributed by atoms with Gasteiger partial charge in [0.05, 0.1) is 12.5 Å². The Balaban J connectivity index is 2.24. The van der Waals surface area contributed by atoms with Gasteiger partial charge in [-0.3, -0.25) is 19.2 Å². The zero-order valence-electron chi connectivity index (χ0n) is 22.1. The van der Waals surface area contributed by atoms with Gasteiger partial charge in [-0.25, -0.2) is 4.79 Å². The Hall–Kier alpha value is -4.29. The molecule has 0 bridgehead atoms. The number of amides is 3. The van der Waals surface area contributed by atoms with E-state index in [1.807, 2.05) is 0 Å². The third-order valence-corrected chi connectivity index (χ3v) is 6.12. The number of carboxylic acids is 2. The Morgan fingerprint density at radius 1 is 0.675 bits per heavy atom. The predicted molar refractivity (Wildman–Crippen MR) is 147 cm³/mol. The molecule has 9 N–H and O–H groups in total. The Labute approximate surface area is 232 Å². The second-order valence-electron chi connectivity index (χ2n) is 9.39. The van der Waals surface area contributed by atoms with E-state index in [9.17, 15) is 29.1 Å². The van der Waals surface area contributed by atoms with E-state index in [1.54, 1.807) is 60.7 Å². The van der Waals surface area contributed by atoms with Gasteiger partial charge in [-0.05, 0) is 36.9 Å². The molecule has 2 rings (SSSR count). The molecular weight excluding hydrogens is 518 g/mol. The molecular formula is C28H37N5O7. The Bertz CT molecular complexity index is 1130. The fourth-order valence-corrected chi connectivity index (χ4v) is 3.97. The van der Waals surface area contributed by atoms with Gasteiger partial charge < -0.3 is 37.6 Å². The molecule has 4 atom stereocenters. The van der Waals surface area contributed by atoms with Gasteiger partial charge in [0.1, 0.15) is 18.1 Å². The third kappa shape index (κ3) is 11.2. The summed E-state index contributed by atoms with van der Waals surface area (Å²) in [7, 11) is 0. The maximum Gasteiger partial charge on any atom is 0.326 e. The topological polar surface area (TPSA) is 214 Å². The first kappa shape index (κ1) is 31.9. The van der Waals surface area contributed by atoms with Crippen LogP contribution in [0.5, 0.6) is 0 Å². The molecule has 0 spiro atoms. The van der Waals surface area contributed by atoms with Crippen molar-refractivity contribution in [2.75, 3.05) is 6.54 Å². The number of hydrogen-bond acceptors (Lipinski definition) is 7. The Morgan fingerprint density at radius 2 is 1.15 bits per heavy atom.